The van der Waals surface area contributed by atoms with E-state index in [-0.39, 0.29) is 30.4 Å². The van der Waals surface area contributed by atoms with Gasteiger partial charge in [0.05, 0.1) is 18.3 Å². The first-order valence-electron chi connectivity index (χ1n) is 10.1. The van der Waals surface area contributed by atoms with Gasteiger partial charge in [0.1, 0.15) is 6.10 Å². The second-order valence-electron chi connectivity index (χ2n) is 7.64. The Morgan fingerprint density at radius 1 is 1.10 bits per heavy atom. The number of carbonyl (C=O) groups excluding carboxylic acids is 1. The lowest BCUT2D eigenvalue weighted by Gasteiger charge is -2.27. The van der Waals surface area contributed by atoms with Crippen LogP contribution in [-0.2, 0) is 16.1 Å². The minimum Gasteiger partial charge on any atom is -0.454 e. The summed E-state index contributed by atoms with van der Waals surface area (Å²) in [5.41, 5.74) is 1.35. The highest BCUT2D eigenvalue weighted by Crippen LogP contribution is 2.35. The number of aromatic nitrogens is 2. The topological polar surface area (TPSA) is 82.9 Å². The molecule has 0 spiro atoms. The number of amides is 1. The molecule has 3 aliphatic heterocycles. The zero-order valence-electron chi connectivity index (χ0n) is 16.1. The maximum atomic E-state index is 12.8. The molecular formula is C21H23N3O5. The molecule has 152 valence electrons. The maximum Gasteiger partial charge on any atom is 0.266 e. The van der Waals surface area contributed by atoms with Gasteiger partial charge >= 0.3 is 0 Å². The molecule has 4 heterocycles. The number of fused-ring (bicyclic) bond motifs is 1. The summed E-state index contributed by atoms with van der Waals surface area (Å²) in [4.78, 5) is 27.1. The lowest BCUT2D eigenvalue weighted by molar-refractivity contribution is -0.142. The normalized spacial score (nSPS) is 23.0. The van der Waals surface area contributed by atoms with Crippen molar-refractivity contribution in [1.82, 2.24) is 14.7 Å². The van der Waals surface area contributed by atoms with Gasteiger partial charge in [0.25, 0.3) is 11.5 Å². The van der Waals surface area contributed by atoms with Crippen molar-refractivity contribution in [3.63, 3.8) is 0 Å². The molecule has 8 nitrogen and oxygen atoms in total. The Kier molecular flexibility index (Phi) is 4.71. The molecule has 1 aromatic carbocycles. The van der Waals surface area contributed by atoms with Gasteiger partial charge in [-0.2, -0.15) is 5.10 Å². The van der Waals surface area contributed by atoms with E-state index in [0.717, 1.165) is 31.2 Å². The Bertz CT molecular complexity index is 983. The summed E-state index contributed by atoms with van der Waals surface area (Å²) < 4.78 is 17.8. The lowest BCUT2D eigenvalue weighted by atomic mass is 10.1. The summed E-state index contributed by atoms with van der Waals surface area (Å²) in [6.45, 7) is 1.95. The molecule has 0 N–H and O–H groups in total. The summed E-state index contributed by atoms with van der Waals surface area (Å²) in [6, 6.07) is 8.79. The number of nitrogens with zero attached hydrogens (tertiary/aromatic N) is 3. The number of likely N-dealkylation sites (tertiary alicyclic amines) is 1. The summed E-state index contributed by atoms with van der Waals surface area (Å²) in [5, 5.41) is 4.56. The second kappa shape index (κ2) is 7.51. The van der Waals surface area contributed by atoms with E-state index in [4.69, 9.17) is 14.2 Å². The molecule has 29 heavy (non-hydrogen) atoms. The van der Waals surface area contributed by atoms with Gasteiger partial charge in [0, 0.05) is 24.8 Å². The SMILES string of the molecule is O=C(C1CCCO1)N1CCC[C@H]1Cn1nc(-c2ccc3c(c2)OCO3)ccc1=O. The van der Waals surface area contributed by atoms with Crippen LogP contribution in [0.15, 0.2) is 35.1 Å². The van der Waals surface area contributed by atoms with Gasteiger partial charge in [-0.3, -0.25) is 9.59 Å². The van der Waals surface area contributed by atoms with Crippen LogP contribution in [0.3, 0.4) is 0 Å². The summed E-state index contributed by atoms with van der Waals surface area (Å²) in [5.74, 6) is 1.42. The number of benzene rings is 1. The van der Waals surface area contributed by atoms with E-state index >= 15 is 0 Å². The first-order valence-corrected chi connectivity index (χ1v) is 10.1. The van der Waals surface area contributed by atoms with E-state index in [9.17, 15) is 9.59 Å². The molecule has 1 unspecified atom stereocenters. The van der Waals surface area contributed by atoms with Crippen LogP contribution in [0.25, 0.3) is 11.3 Å². The fourth-order valence-corrected chi connectivity index (χ4v) is 4.26. The van der Waals surface area contributed by atoms with E-state index in [1.807, 2.05) is 23.1 Å². The van der Waals surface area contributed by atoms with Crippen LogP contribution in [0.1, 0.15) is 25.7 Å². The molecule has 5 rings (SSSR count). The fraction of sp³-hybridized carbons (Fsp3) is 0.476. The largest absolute Gasteiger partial charge is 0.454 e. The molecular weight excluding hydrogens is 374 g/mol. The number of ether oxygens (including phenoxy) is 3. The number of hydrogen-bond donors (Lipinski definition) is 0. The third-order valence-electron chi connectivity index (χ3n) is 5.78. The highest BCUT2D eigenvalue weighted by Gasteiger charge is 2.35. The number of hydrogen-bond acceptors (Lipinski definition) is 6. The molecule has 3 aliphatic rings. The van der Waals surface area contributed by atoms with Crippen LogP contribution in [0.4, 0.5) is 0 Å². The molecule has 2 atom stereocenters. The Morgan fingerprint density at radius 3 is 2.86 bits per heavy atom. The van der Waals surface area contributed by atoms with Gasteiger partial charge in [0.2, 0.25) is 6.79 Å². The van der Waals surface area contributed by atoms with Crippen molar-refractivity contribution in [2.45, 2.75) is 44.4 Å². The van der Waals surface area contributed by atoms with Crippen LogP contribution in [-0.4, -0.2) is 52.7 Å². The molecule has 1 aromatic heterocycles. The maximum absolute atomic E-state index is 12.8. The van der Waals surface area contributed by atoms with Crippen molar-refractivity contribution in [2.75, 3.05) is 19.9 Å². The molecule has 8 heteroatoms. The highest BCUT2D eigenvalue weighted by molar-refractivity contribution is 5.81. The first-order chi connectivity index (χ1) is 14.2. The highest BCUT2D eigenvalue weighted by atomic mass is 16.7. The van der Waals surface area contributed by atoms with Gasteiger partial charge in [-0.05, 0) is 49.9 Å². The predicted molar refractivity (Wildman–Crippen MR) is 104 cm³/mol. The smallest absolute Gasteiger partial charge is 0.266 e. The molecule has 1 amide bonds. The quantitative estimate of drug-likeness (QED) is 0.783. The van der Waals surface area contributed by atoms with Gasteiger partial charge in [-0.15, -0.1) is 0 Å². The predicted octanol–water partition coefficient (Wildman–Crippen LogP) is 1.81. The average Bonchev–Trinajstić information content (AvgIpc) is 3.50. The molecule has 2 aromatic rings. The second-order valence-corrected chi connectivity index (χ2v) is 7.64. The van der Waals surface area contributed by atoms with Gasteiger partial charge in [-0.1, -0.05) is 0 Å². The summed E-state index contributed by atoms with van der Waals surface area (Å²) in [7, 11) is 0. The monoisotopic (exact) mass is 397 g/mol. The molecule has 2 fully saturated rings. The fourth-order valence-electron chi connectivity index (χ4n) is 4.26. The minimum absolute atomic E-state index is 0.0381. The van der Waals surface area contributed by atoms with Crippen LogP contribution in [0.5, 0.6) is 11.5 Å². The van der Waals surface area contributed by atoms with Crippen molar-refractivity contribution in [3.8, 4) is 22.8 Å². The standard InChI is InChI=1S/C21H23N3O5/c25-20-8-6-16(14-5-7-17-19(11-14)29-13-28-17)22-24(20)12-15-3-1-9-23(15)21(26)18-4-2-10-27-18/h5-8,11,15,18H,1-4,9-10,12-13H2/t15-,18?/m0/s1. The van der Waals surface area contributed by atoms with E-state index in [2.05, 4.69) is 5.10 Å². The lowest BCUT2D eigenvalue weighted by Crippen LogP contribution is -2.45. The summed E-state index contributed by atoms with van der Waals surface area (Å²) in [6.07, 6.45) is 3.16. The molecule has 0 radical (unpaired) electrons. The first kappa shape index (κ1) is 18.2. The number of rotatable bonds is 4. The van der Waals surface area contributed by atoms with Crippen molar-refractivity contribution < 1.29 is 19.0 Å². The van der Waals surface area contributed by atoms with E-state index in [1.54, 1.807) is 6.07 Å². The van der Waals surface area contributed by atoms with Gasteiger partial charge < -0.3 is 19.1 Å². The van der Waals surface area contributed by atoms with Gasteiger partial charge in [0.15, 0.2) is 11.5 Å². The Labute approximate surface area is 168 Å². The zero-order chi connectivity index (χ0) is 19.8. The average molecular weight is 397 g/mol. The zero-order valence-corrected chi connectivity index (χ0v) is 16.1. The van der Waals surface area contributed by atoms with E-state index in [1.165, 1.54) is 10.7 Å². The molecule has 0 aliphatic carbocycles. The minimum atomic E-state index is -0.333. The van der Waals surface area contributed by atoms with Crippen LogP contribution in [0.2, 0.25) is 0 Å². The van der Waals surface area contributed by atoms with Crippen LogP contribution < -0.4 is 15.0 Å². The number of carbonyl (C=O) groups is 1. The van der Waals surface area contributed by atoms with E-state index in [0.29, 0.717) is 36.9 Å². The Morgan fingerprint density at radius 2 is 2.00 bits per heavy atom. The van der Waals surface area contributed by atoms with Crippen molar-refractivity contribution in [3.05, 3.63) is 40.7 Å². The molecule has 0 bridgehead atoms. The summed E-state index contributed by atoms with van der Waals surface area (Å²) >= 11 is 0. The van der Waals surface area contributed by atoms with Crippen molar-refractivity contribution >= 4 is 5.91 Å². The third kappa shape index (κ3) is 3.48. The van der Waals surface area contributed by atoms with Crippen LogP contribution in [0, 0.1) is 0 Å². The van der Waals surface area contributed by atoms with E-state index < -0.39 is 0 Å². The van der Waals surface area contributed by atoms with Gasteiger partial charge in [-0.25, -0.2) is 4.68 Å². The van der Waals surface area contributed by atoms with Crippen molar-refractivity contribution in [2.24, 2.45) is 0 Å². The molecule has 2 saturated heterocycles. The molecule has 0 saturated carbocycles. The van der Waals surface area contributed by atoms with Crippen LogP contribution >= 0.6 is 0 Å². The Hall–Kier alpha value is -2.87. The van der Waals surface area contributed by atoms with Crippen molar-refractivity contribution in [1.29, 1.82) is 0 Å². The Balaban J connectivity index is 1.37. The third-order valence-corrected chi connectivity index (χ3v) is 5.78.